The van der Waals surface area contributed by atoms with E-state index in [9.17, 15) is 9.59 Å². The van der Waals surface area contributed by atoms with Gasteiger partial charge in [0.2, 0.25) is 0 Å². The van der Waals surface area contributed by atoms with Crippen LogP contribution in [-0.4, -0.2) is 15.5 Å². The van der Waals surface area contributed by atoms with Crippen LogP contribution >= 0.6 is 11.6 Å². The lowest BCUT2D eigenvalue weighted by Gasteiger charge is -2.09. The Morgan fingerprint density at radius 2 is 1.92 bits per heavy atom. The highest BCUT2D eigenvalue weighted by atomic mass is 35.5. The van der Waals surface area contributed by atoms with Crippen LogP contribution in [0.1, 0.15) is 15.9 Å². The van der Waals surface area contributed by atoms with Gasteiger partial charge in [0.05, 0.1) is 6.54 Å². The van der Waals surface area contributed by atoms with E-state index in [0.717, 1.165) is 5.56 Å². The van der Waals surface area contributed by atoms with Gasteiger partial charge in [-0.3, -0.25) is 14.6 Å². The predicted molar refractivity (Wildman–Crippen MR) is 93.4 cm³/mol. The van der Waals surface area contributed by atoms with E-state index in [4.69, 9.17) is 11.6 Å². The number of aromatic nitrogens is 2. The number of anilines is 1. The predicted octanol–water partition coefficient (Wildman–Crippen LogP) is 3.20. The lowest BCUT2D eigenvalue weighted by Crippen LogP contribution is -2.29. The van der Waals surface area contributed by atoms with Gasteiger partial charge in [-0.1, -0.05) is 23.7 Å². The van der Waals surface area contributed by atoms with Gasteiger partial charge >= 0.3 is 0 Å². The number of hydrogen-bond acceptors (Lipinski definition) is 3. The average Bonchev–Trinajstić information content (AvgIpc) is 2.58. The van der Waals surface area contributed by atoms with Crippen molar-refractivity contribution in [2.75, 3.05) is 5.32 Å². The normalized spacial score (nSPS) is 10.4. The number of hydrogen-bond donors (Lipinski definition) is 1. The molecule has 1 N–H and O–H groups in total. The fourth-order valence-electron chi connectivity index (χ4n) is 2.30. The van der Waals surface area contributed by atoms with Crippen molar-refractivity contribution in [3.63, 3.8) is 0 Å². The monoisotopic (exact) mass is 339 g/mol. The first-order valence-corrected chi connectivity index (χ1v) is 7.66. The van der Waals surface area contributed by atoms with E-state index in [1.54, 1.807) is 48.9 Å². The maximum atomic E-state index is 12.5. The molecule has 2 aromatic heterocycles. The van der Waals surface area contributed by atoms with Crippen molar-refractivity contribution in [2.24, 2.45) is 0 Å². The SMILES string of the molecule is O=C(Nc1ccncc1)c1cccn(Cc2cccc(Cl)c2)c1=O. The van der Waals surface area contributed by atoms with Crippen LogP contribution in [0.2, 0.25) is 5.02 Å². The second-order valence-electron chi connectivity index (χ2n) is 5.17. The van der Waals surface area contributed by atoms with E-state index in [1.165, 1.54) is 10.6 Å². The molecule has 0 aliphatic heterocycles. The van der Waals surface area contributed by atoms with Crippen molar-refractivity contribution in [1.82, 2.24) is 9.55 Å². The van der Waals surface area contributed by atoms with E-state index < -0.39 is 5.91 Å². The minimum absolute atomic E-state index is 0.0799. The first-order valence-electron chi connectivity index (χ1n) is 7.29. The van der Waals surface area contributed by atoms with Gasteiger partial charge < -0.3 is 9.88 Å². The molecule has 0 aliphatic carbocycles. The van der Waals surface area contributed by atoms with Gasteiger partial charge in [-0.25, -0.2) is 0 Å². The molecule has 0 radical (unpaired) electrons. The minimum Gasteiger partial charge on any atom is -0.322 e. The van der Waals surface area contributed by atoms with Gasteiger partial charge in [0.15, 0.2) is 0 Å². The summed E-state index contributed by atoms with van der Waals surface area (Å²) in [7, 11) is 0. The largest absolute Gasteiger partial charge is 0.322 e. The molecule has 0 saturated carbocycles. The van der Waals surface area contributed by atoms with Gasteiger partial charge in [-0.2, -0.15) is 0 Å². The Morgan fingerprint density at radius 3 is 2.67 bits per heavy atom. The molecule has 24 heavy (non-hydrogen) atoms. The molecule has 0 bridgehead atoms. The first-order chi connectivity index (χ1) is 11.6. The maximum Gasteiger partial charge on any atom is 0.263 e. The number of benzene rings is 1. The van der Waals surface area contributed by atoms with E-state index in [-0.39, 0.29) is 11.1 Å². The maximum absolute atomic E-state index is 12.5. The minimum atomic E-state index is -0.452. The van der Waals surface area contributed by atoms with Crippen LogP contribution in [0.15, 0.2) is 71.9 Å². The zero-order valence-corrected chi connectivity index (χ0v) is 13.4. The fourth-order valence-corrected chi connectivity index (χ4v) is 2.51. The number of carbonyl (C=O) groups is 1. The molecule has 0 saturated heterocycles. The Balaban J connectivity index is 1.85. The Kier molecular flexibility index (Phi) is 4.72. The molecule has 2 heterocycles. The Morgan fingerprint density at radius 1 is 1.12 bits per heavy atom. The van der Waals surface area contributed by atoms with Crippen LogP contribution in [0.25, 0.3) is 0 Å². The molecule has 0 aliphatic rings. The van der Waals surface area contributed by atoms with E-state index >= 15 is 0 Å². The molecule has 3 rings (SSSR count). The summed E-state index contributed by atoms with van der Waals surface area (Å²) in [6.45, 7) is 0.343. The molecule has 3 aromatic rings. The zero-order valence-electron chi connectivity index (χ0n) is 12.6. The molecule has 0 atom stereocenters. The van der Waals surface area contributed by atoms with Gasteiger partial charge in [0, 0.05) is 29.3 Å². The molecule has 5 nitrogen and oxygen atoms in total. The first kappa shape index (κ1) is 16.0. The molecular formula is C18H14ClN3O2. The van der Waals surface area contributed by atoms with Crippen molar-refractivity contribution >= 4 is 23.2 Å². The summed E-state index contributed by atoms with van der Waals surface area (Å²) in [4.78, 5) is 28.8. The van der Waals surface area contributed by atoms with Crippen molar-refractivity contribution in [3.05, 3.63) is 93.6 Å². The number of nitrogens with zero attached hydrogens (tertiary/aromatic N) is 2. The summed E-state index contributed by atoms with van der Waals surface area (Å²) in [6, 6.07) is 13.8. The van der Waals surface area contributed by atoms with E-state index in [0.29, 0.717) is 17.3 Å². The topological polar surface area (TPSA) is 64.0 Å². The van der Waals surface area contributed by atoms with Crippen LogP contribution in [0.4, 0.5) is 5.69 Å². The lowest BCUT2D eigenvalue weighted by atomic mass is 10.2. The third-order valence-electron chi connectivity index (χ3n) is 3.44. The van der Waals surface area contributed by atoms with Gasteiger partial charge in [-0.05, 0) is 42.0 Å². The summed E-state index contributed by atoms with van der Waals surface area (Å²) in [5.41, 5.74) is 1.19. The molecule has 0 unspecified atom stereocenters. The fraction of sp³-hybridized carbons (Fsp3) is 0.0556. The molecule has 120 valence electrons. The number of carbonyl (C=O) groups excluding carboxylic acids is 1. The third kappa shape index (κ3) is 3.70. The number of halogens is 1. The number of nitrogens with one attached hydrogen (secondary N) is 1. The van der Waals surface area contributed by atoms with Crippen LogP contribution in [0, 0.1) is 0 Å². The highest BCUT2D eigenvalue weighted by Crippen LogP contribution is 2.11. The van der Waals surface area contributed by atoms with E-state index in [2.05, 4.69) is 10.3 Å². The summed E-state index contributed by atoms with van der Waals surface area (Å²) < 4.78 is 1.48. The second kappa shape index (κ2) is 7.10. The summed E-state index contributed by atoms with van der Waals surface area (Å²) in [6.07, 6.45) is 4.78. The molecule has 1 aromatic carbocycles. The van der Waals surface area contributed by atoms with Crippen molar-refractivity contribution < 1.29 is 4.79 Å². The summed E-state index contributed by atoms with van der Waals surface area (Å²) in [5.74, 6) is -0.452. The molecule has 0 fully saturated rings. The zero-order chi connectivity index (χ0) is 16.9. The highest BCUT2D eigenvalue weighted by Gasteiger charge is 2.12. The average molecular weight is 340 g/mol. The molecule has 1 amide bonds. The lowest BCUT2D eigenvalue weighted by molar-refractivity contribution is 0.102. The Hall–Kier alpha value is -2.92. The van der Waals surface area contributed by atoms with Crippen LogP contribution in [0.3, 0.4) is 0 Å². The summed E-state index contributed by atoms with van der Waals surface area (Å²) >= 11 is 5.97. The van der Waals surface area contributed by atoms with Crippen LogP contribution in [-0.2, 0) is 6.54 Å². The van der Waals surface area contributed by atoms with Crippen molar-refractivity contribution in [2.45, 2.75) is 6.54 Å². The van der Waals surface area contributed by atoms with E-state index in [1.807, 2.05) is 12.1 Å². The number of amides is 1. The standard InChI is InChI=1S/C18H14ClN3O2/c19-14-4-1-3-13(11-14)12-22-10-2-5-16(18(22)24)17(23)21-15-6-8-20-9-7-15/h1-11H,12H2,(H,20,21,23). The van der Waals surface area contributed by atoms with Crippen LogP contribution < -0.4 is 10.9 Å². The Labute approximate surface area is 143 Å². The smallest absolute Gasteiger partial charge is 0.263 e. The molecular weight excluding hydrogens is 326 g/mol. The van der Waals surface area contributed by atoms with Crippen molar-refractivity contribution in [1.29, 1.82) is 0 Å². The highest BCUT2D eigenvalue weighted by molar-refractivity contribution is 6.30. The second-order valence-corrected chi connectivity index (χ2v) is 5.61. The third-order valence-corrected chi connectivity index (χ3v) is 3.68. The molecule has 6 heteroatoms. The van der Waals surface area contributed by atoms with Gasteiger partial charge in [0.25, 0.3) is 11.5 Å². The van der Waals surface area contributed by atoms with Gasteiger partial charge in [0.1, 0.15) is 5.56 Å². The molecule has 0 spiro atoms. The van der Waals surface area contributed by atoms with Crippen molar-refractivity contribution in [3.8, 4) is 0 Å². The van der Waals surface area contributed by atoms with Crippen LogP contribution in [0.5, 0.6) is 0 Å². The quantitative estimate of drug-likeness (QED) is 0.794. The van der Waals surface area contributed by atoms with Gasteiger partial charge in [-0.15, -0.1) is 0 Å². The summed E-state index contributed by atoms with van der Waals surface area (Å²) in [5, 5.41) is 3.29. The Bertz CT molecular complexity index is 923. The number of pyridine rings is 2. The number of rotatable bonds is 4.